The minimum absolute atomic E-state index is 0.0119. The van der Waals surface area contributed by atoms with Crippen LogP contribution in [0.2, 0.25) is 0 Å². The van der Waals surface area contributed by atoms with E-state index in [1.807, 2.05) is 18.2 Å². The van der Waals surface area contributed by atoms with Crippen LogP contribution in [0, 0.1) is 0 Å². The molecule has 3 aliphatic rings. The van der Waals surface area contributed by atoms with Crippen molar-refractivity contribution in [2.24, 2.45) is 0 Å². The smallest absolute Gasteiger partial charge is 0.322 e. The zero-order valence-electron chi connectivity index (χ0n) is 16.0. The number of methoxy groups -OCH3 is 1. The molecule has 148 valence electrons. The van der Waals surface area contributed by atoms with E-state index in [2.05, 4.69) is 20.5 Å². The number of urea groups is 1. The maximum Gasteiger partial charge on any atom is 0.322 e. The first-order valence-corrected chi connectivity index (χ1v) is 9.99. The van der Waals surface area contributed by atoms with E-state index in [-0.39, 0.29) is 18.2 Å². The number of aromatic nitrogens is 3. The summed E-state index contributed by atoms with van der Waals surface area (Å²) in [5, 5.41) is 10.4. The normalized spacial score (nSPS) is 24.0. The summed E-state index contributed by atoms with van der Waals surface area (Å²) >= 11 is 0. The summed E-state index contributed by atoms with van der Waals surface area (Å²) in [5.74, 6) is 3.00. The molecule has 1 saturated heterocycles. The SMILES string of the molecule is CO[C@@H]1C[C@@H](c2nc(C3CC3)n[nH]2)N(C(=O)Nc2ccc3c(c2)CCCO3)C1. The second-order valence-electron chi connectivity index (χ2n) is 7.82. The van der Waals surface area contributed by atoms with Crippen molar-refractivity contribution in [3.8, 4) is 5.75 Å². The van der Waals surface area contributed by atoms with Gasteiger partial charge in [-0.1, -0.05) is 0 Å². The van der Waals surface area contributed by atoms with E-state index >= 15 is 0 Å². The Bertz CT molecular complexity index is 878. The van der Waals surface area contributed by atoms with Crippen LogP contribution >= 0.6 is 0 Å². The van der Waals surface area contributed by atoms with Gasteiger partial charge in [-0.15, -0.1) is 0 Å². The van der Waals surface area contributed by atoms with E-state index in [1.165, 1.54) is 0 Å². The lowest BCUT2D eigenvalue weighted by atomic mass is 10.1. The van der Waals surface area contributed by atoms with Gasteiger partial charge in [-0.25, -0.2) is 9.78 Å². The number of carbonyl (C=O) groups is 1. The number of anilines is 1. The van der Waals surface area contributed by atoms with E-state index in [9.17, 15) is 4.79 Å². The number of nitrogens with zero attached hydrogens (tertiary/aromatic N) is 3. The zero-order chi connectivity index (χ0) is 19.1. The van der Waals surface area contributed by atoms with E-state index in [1.54, 1.807) is 12.0 Å². The average molecular weight is 383 g/mol. The number of likely N-dealkylation sites (tertiary alicyclic amines) is 1. The molecule has 0 bridgehead atoms. The molecule has 5 rings (SSSR count). The molecule has 2 N–H and O–H groups in total. The summed E-state index contributed by atoms with van der Waals surface area (Å²) in [4.78, 5) is 19.5. The Labute approximate surface area is 163 Å². The number of aryl methyl sites for hydroxylation is 1. The molecular weight excluding hydrogens is 358 g/mol. The summed E-state index contributed by atoms with van der Waals surface area (Å²) in [7, 11) is 1.68. The third-order valence-electron chi connectivity index (χ3n) is 5.79. The van der Waals surface area contributed by atoms with E-state index in [0.29, 0.717) is 18.9 Å². The summed E-state index contributed by atoms with van der Waals surface area (Å²) in [6, 6.07) is 5.52. The number of nitrogens with one attached hydrogen (secondary N) is 2. The highest BCUT2D eigenvalue weighted by atomic mass is 16.5. The fourth-order valence-electron chi connectivity index (χ4n) is 4.05. The van der Waals surface area contributed by atoms with Crippen molar-refractivity contribution in [3.05, 3.63) is 35.4 Å². The van der Waals surface area contributed by atoms with Gasteiger partial charge in [0, 0.05) is 31.7 Å². The van der Waals surface area contributed by atoms with Gasteiger partial charge >= 0.3 is 6.03 Å². The molecule has 2 amide bonds. The Morgan fingerprint density at radius 1 is 1.39 bits per heavy atom. The van der Waals surface area contributed by atoms with Crippen LogP contribution in [0.25, 0.3) is 0 Å². The molecule has 28 heavy (non-hydrogen) atoms. The molecule has 2 aliphatic heterocycles. The van der Waals surface area contributed by atoms with Crippen molar-refractivity contribution in [3.63, 3.8) is 0 Å². The number of rotatable bonds is 4. The van der Waals surface area contributed by atoms with E-state index in [4.69, 9.17) is 9.47 Å². The summed E-state index contributed by atoms with van der Waals surface area (Å²) in [6.45, 7) is 1.28. The van der Waals surface area contributed by atoms with Gasteiger partial charge in [0.25, 0.3) is 0 Å². The molecule has 3 heterocycles. The first-order valence-electron chi connectivity index (χ1n) is 9.99. The molecule has 2 atom stereocenters. The lowest BCUT2D eigenvalue weighted by Crippen LogP contribution is -2.36. The highest BCUT2D eigenvalue weighted by Gasteiger charge is 2.39. The standard InChI is InChI=1S/C20H25N5O3/c1-27-15-10-16(19-22-18(23-24-19)12-4-5-12)25(11-15)20(26)21-14-6-7-17-13(9-14)3-2-8-28-17/h6-7,9,12,15-16H,2-5,8,10-11H2,1H3,(H,21,26)(H,22,23,24)/t15-,16+/m1/s1. The predicted molar refractivity (Wildman–Crippen MR) is 102 cm³/mol. The summed E-state index contributed by atoms with van der Waals surface area (Å²) < 4.78 is 11.2. The number of fused-ring (bicyclic) bond motifs is 1. The maximum atomic E-state index is 13.0. The van der Waals surface area contributed by atoms with Crippen LogP contribution in [-0.2, 0) is 11.2 Å². The van der Waals surface area contributed by atoms with Crippen molar-refractivity contribution < 1.29 is 14.3 Å². The van der Waals surface area contributed by atoms with Gasteiger partial charge in [-0.05, 0) is 49.4 Å². The van der Waals surface area contributed by atoms with Crippen molar-refractivity contribution in [1.29, 1.82) is 0 Å². The molecule has 0 unspecified atom stereocenters. The first kappa shape index (κ1) is 17.5. The van der Waals surface area contributed by atoms with E-state index < -0.39 is 0 Å². The van der Waals surface area contributed by atoms with E-state index in [0.717, 1.165) is 60.9 Å². The molecule has 8 heteroatoms. The molecule has 1 aromatic heterocycles. The van der Waals surface area contributed by atoms with Crippen molar-refractivity contribution in [2.75, 3.05) is 25.6 Å². The van der Waals surface area contributed by atoms with Crippen LogP contribution in [0.15, 0.2) is 18.2 Å². The lowest BCUT2D eigenvalue weighted by Gasteiger charge is -2.24. The summed E-state index contributed by atoms with van der Waals surface area (Å²) in [6.07, 6.45) is 4.97. The largest absolute Gasteiger partial charge is 0.493 e. The van der Waals surface area contributed by atoms with Crippen LogP contribution in [0.4, 0.5) is 10.5 Å². The predicted octanol–water partition coefficient (Wildman–Crippen LogP) is 3.00. The second-order valence-corrected chi connectivity index (χ2v) is 7.82. The monoisotopic (exact) mass is 383 g/mol. The molecule has 2 fully saturated rings. The molecular formula is C20H25N5O3. The van der Waals surface area contributed by atoms with Crippen LogP contribution in [-0.4, -0.2) is 52.5 Å². The van der Waals surface area contributed by atoms with Crippen LogP contribution in [0.5, 0.6) is 5.75 Å². The minimum atomic E-state index is -0.161. The van der Waals surface area contributed by atoms with Crippen molar-refractivity contribution in [1.82, 2.24) is 20.1 Å². The Balaban J connectivity index is 1.34. The van der Waals surface area contributed by atoms with Gasteiger partial charge in [0.1, 0.15) is 11.6 Å². The number of carbonyl (C=O) groups excluding carboxylic acids is 1. The number of hydrogen-bond donors (Lipinski definition) is 2. The Morgan fingerprint density at radius 3 is 3.11 bits per heavy atom. The van der Waals surface area contributed by atoms with Gasteiger partial charge < -0.3 is 19.7 Å². The third kappa shape index (κ3) is 3.32. The number of ether oxygens (including phenoxy) is 2. The fourth-order valence-corrected chi connectivity index (χ4v) is 4.05. The number of aromatic amines is 1. The number of H-pyrrole nitrogens is 1. The lowest BCUT2D eigenvalue weighted by molar-refractivity contribution is 0.111. The molecule has 0 spiro atoms. The Morgan fingerprint density at radius 2 is 2.29 bits per heavy atom. The summed E-state index contributed by atoms with van der Waals surface area (Å²) in [5.41, 5.74) is 1.92. The number of hydrogen-bond acceptors (Lipinski definition) is 5. The van der Waals surface area contributed by atoms with Crippen LogP contribution in [0.1, 0.15) is 54.9 Å². The molecule has 1 aliphatic carbocycles. The number of amides is 2. The third-order valence-corrected chi connectivity index (χ3v) is 5.79. The molecule has 8 nitrogen and oxygen atoms in total. The molecule has 0 radical (unpaired) electrons. The molecule has 2 aromatic rings. The molecule has 1 saturated carbocycles. The van der Waals surface area contributed by atoms with Crippen molar-refractivity contribution in [2.45, 2.75) is 50.2 Å². The maximum absolute atomic E-state index is 13.0. The minimum Gasteiger partial charge on any atom is -0.493 e. The van der Waals surface area contributed by atoms with Gasteiger partial charge in [0.05, 0.1) is 18.8 Å². The topological polar surface area (TPSA) is 92.4 Å². The quantitative estimate of drug-likeness (QED) is 0.847. The number of benzene rings is 1. The van der Waals surface area contributed by atoms with Gasteiger partial charge in [0.2, 0.25) is 0 Å². The second kappa shape index (κ2) is 7.09. The van der Waals surface area contributed by atoms with Gasteiger partial charge in [-0.3, -0.25) is 5.10 Å². The highest BCUT2D eigenvalue weighted by molar-refractivity contribution is 5.90. The van der Waals surface area contributed by atoms with Crippen LogP contribution in [0.3, 0.4) is 0 Å². The first-order chi connectivity index (χ1) is 13.7. The molecule has 1 aromatic carbocycles. The van der Waals surface area contributed by atoms with Crippen molar-refractivity contribution >= 4 is 11.7 Å². The highest BCUT2D eigenvalue weighted by Crippen LogP contribution is 2.39. The average Bonchev–Trinajstić information content (AvgIpc) is 3.28. The Kier molecular flexibility index (Phi) is 4.43. The van der Waals surface area contributed by atoms with Gasteiger partial charge in [-0.2, -0.15) is 5.10 Å². The Hall–Kier alpha value is -2.61. The fraction of sp³-hybridized carbons (Fsp3) is 0.550. The van der Waals surface area contributed by atoms with Gasteiger partial charge in [0.15, 0.2) is 5.82 Å². The zero-order valence-corrected chi connectivity index (χ0v) is 16.0. The van der Waals surface area contributed by atoms with Crippen LogP contribution < -0.4 is 10.1 Å².